The molecule has 0 saturated carbocycles. The van der Waals surface area contributed by atoms with Gasteiger partial charge in [0.2, 0.25) is 0 Å². The zero-order valence-corrected chi connectivity index (χ0v) is 12.4. The maximum atomic E-state index is 14.0. The average molecular weight is 329 g/mol. The van der Waals surface area contributed by atoms with E-state index in [-0.39, 0.29) is 28.2 Å². The molecule has 3 aromatic rings. The molecule has 0 aliphatic heterocycles. The molecule has 0 saturated heterocycles. The van der Waals surface area contributed by atoms with E-state index in [0.717, 1.165) is 23.5 Å². The van der Waals surface area contributed by atoms with E-state index in [0.29, 0.717) is 9.75 Å². The van der Waals surface area contributed by atoms with Gasteiger partial charge in [0.15, 0.2) is 0 Å². The zero-order chi connectivity index (χ0) is 16.6. The van der Waals surface area contributed by atoms with Gasteiger partial charge in [-0.05, 0) is 30.3 Å². The van der Waals surface area contributed by atoms with Gasteiger partial charge in [-0.3, -0.25) is 0 Å². The lowest BCUT2D eigenvalue weighted by Crippen LogP contribution is -1.83. The Kier molecular flexibility index (Phi) is 3.72. The SMILES string of the molecule is N#Cc1cc(-c2ccc(O)cc2F)sc1-c1ccc(O)cc1F. The molecule has 0 bridgehead atoms. The summed E-state index contributed by atoms with van der Waals surface area (Å²) in [5, 5.41) is 27.8. The number of phenolic OH excluding ortho intramolecular Hbond substituents is 2. The highest BCUT2D eigenvalue weighted by atomic mass is 32.1. The van der Waals surface area contributed by atoms with Crippen LogP contribution in [-0.4, -0.2) is 10.2 Å². The van der Waals surface area contributed by atoms with Crippen LogP contribution in [0.4, 0.5) is 8.78 Å². The molecule has 3 nitrogen and oxygen atoms in total. The lowest BCUT2D eigenvalue weighted by atomic mass is 10.1. The molecule has 114 valence electrons. The topological polar surface area (TPSA) is 64.2 Å². The molecule has 0 aliphatic carbocycles. The summed E-state index contributed by atoms with van der Waals surface area (Å²) in [4.78, 5) is 0.800. The Labute approximate surface area is 134 Å². The first kappa shape index (κ1) is 15.0. The summed E-state index contributed by atoms with van der Waals surface area (Å²) in [6.45, 7) is 0. The zero-order valence-electron chi connectivity index (χ0n) is 11.5. The average Bonchev–Trinajstić information content (AvgIpc) is 2.91. The molecule has 0 spiro atoms. The van der Waals surface area contributed by atoms with Crippen molar-refractivity contribution in [2.75, 3.05) is 0 Å². The number of benzene rings is 2. The van der Waals surface area contributed by atoms with Crippen LogP contribution in [0.25, 0.3) is 20.9 Å². The van der Waals surface area contributed by atoms with Gasteiger partial charge < -0.3 is 10.2 Å². The molecule has 6 heteroatoms. The fourth-order valence-corrected chi connectivity index (χ4v) is 3.36. The van der Waals surface area contributed by atoms with Crippen molar-refractivity contribution < 1.29 is 19.0 Å². The molecule has 2 aromatic carbocycles. The summed E-state index contributed by atoms with van der Waals surface area (Å²) in [7, 11) is 0. The summed E-state index contributed by atoms with van der Waals surface area (Å²) in [6, 6.07) is 10.8. The summed E-state index contributed by atoms with van der Waals surface area (Å²) < 4.78 is 28.0. The van der Waals surface area contributed by atoms with E-state index >= 15 is 0 Å². The minimum atomic E-state index is -0.666. The molecule has 0 atom stereocenters. The minimum absolute atomic E-state index is 0.162. The maximum absolute atomic E-state index is 14.0. The van der Waals surface area contributed by atoms with Gasteiger partial charge in [-0.25, -0.2) is 8.78 Å². The number of aromatic hydroxyl groups is 2. The number of hydrogen-bond acceptors (Lipinski definition) is 4. The van der Waals surface area contributed by atoms with E-state index in [1.54, 1.807) is 0 Å². The normalized spacial score (nSPS) is 10.5. The van der Waals surface area contributed by atoms with Crippen LogP contribution in [0.3, 0.4) is 0 Å². The van der Waals surface area contributed by atoms with Crippen LogP contribution < -0.4 is 0 Å². The molecular weight excluding hydrogens is 320 g/mol. The van der Waals surface area contributed by atoms with Gasteiger partial charge in [0.05, 0.1) is 10.4 Å². The number of halogens is 2. The first-order chi connectivity index (χ1) is 11.0. The largest absolute Gasteiger partial charge is 0.508 e. The van der Waals surface area contributed by atoms with Crippen molar-refractivity contribution in [3.63, 3.8) is 0 Å². The van der Waals surface area contributed by atoms with Gasteiger partial charge in [-0.1, -0.05) is 0 Å². The first-order valence-corrected chi connectivity index (χ1v) is 7.33. The highest BCUT2D eigenvalue weighted by Gasteiger charge is 2.17. The standard InChI is InChI=1S/C17H9F2NO2S/c18-14-6-10(21)1-3-12(14)16-5-9(8-20)17(23-16)13-4-2-11(22)7-15(13)19/h1-7,21-22H. The molecule has 3 rings (SSSR count). The van der Waals surface area contributed by atoms with Crippen LogP contribution in [-0.2, 0) is 0 Å². The lowest BCUT2D eigenvalue weighted by molar-refractivity contribution is 0.469. The molecule has 1 heterocycles. The Bertz CT molecular complexity index is 944. The van der Waals surface area contributed by atoms with Crippen molar-refractivity contribution in [2.45, 2.75) is 0 Å². The molecule has 2 N–H and O–H groups in total. The van der Waals surface area contributed by atoms with Gasteiger partial charge in [0, 0.05) is 28.1 Å². The number of nitriles is 1. The Hall–Kier alpha value is -2.91. The summed E-state index contributed by atoms with van der Waals surface area (Å²) >= 11 is 1.06. The smallest absolute Gasteiger partial charge is 0.135 e. The number of rotatable bonds is 2. The van der Waals surface area contributed by atoms with Crippen LogP contribution in [0.2, 0.25) is 0 Å². The van der Waals surface area contributed by atoms with Crippen LogP contribution in [0, 0.1) is 23.0 Å². The second-order valence-corrected chi connectivity index (χ2v) is 5.85. The highest BCUT2D eigenvalue weighted by Crippen LogP contribution is 2.40. The van der Waals surface area contributed by atoms with E-state index < -0.39 is 11.6 Å². The van der Waals surface area contributed by atoms with Gasteiger partial charge >= 0.3 is 0 Å². The van der Waals surface area contributed by atoms with E-state index in [1.807, 2.05) is 6.07 Å². The second kappa shape index (κ2) is 5.71. The second-order valence-electron chi connectivity index (χ2n) is 4.79. The first-order valence-electron chi connectivity index (χ1n) is 6.51. The number of thiophene rings is 1. The Morgan fingerprint density at radius 1 is 0.870 bits per heavy atom. The van der Waals surface area contributed by atoms with Crippen molar-refractivity contribution in [3.05, 3.63) is 59.7 Å². The number of phenols is 2. The van der Waals surface area contributed by atoms with Crippen LogP contribution in [0.15, 0.2) is 42.5 Å². The van der Waals surface area contributed by atoms with Crippen molar-refractivity contribution >= 4 is 11.3 Å². The molecule has 23 heavy (non-hydrogen) atoms. The molecule has 0 aliphatic rings. The summed E-state index contributed by atoms with van der Waals surface area (Å²) in [5.41, 5.74) is 0.589. The van der Waals surface area contributed by atoms with Crippen LogP contribution >= 0.6 is 11.3 Å². The number of nitrogens with zero attached hydrogens (tertiary/aromatic N) is 1. The van der Waals surface area contributed by atoms with Crippen molar-refractivity contribution in [1.29, 1.82) is 5.26 Å². The van der Waals surface area contributed by atoms with E-state index in [9.17, 15) is 24.3 Å². The van der Waals surface area contributed by atoms with Crippen LogP contribution in [0.1, 0.15) is 5.56 Å². The van der Waals surface area contributed by atoms with Crippen LogP contribution in [0.5, 0.6) is 11.5 Å². The molecule has 1 aromatic heterocycles. The minimum Gasteiger partial charge on any atom is -0.508 e. The van der Waals surface area contributed by atoms with Gasteiger partial charge in [-0.15, -0.1) is 11.3 Å². The maximum Gasteiger partial charge on any atom is 0.135 e. The van der Waals surface area contributed by atoms with E-state index in [2.05, 4.69) is 0 Å². The molecule has 0 unspecified atom stereocenters. The molecule has 0 amide bonds. The third kappa shape index (κ3) is 2.74. The predicted octanol–water partition coefficient (Wildman–Crippen LogP) is 4.64. The number of hydrogen-bond donors (Lipinski definition) is 2. The fraction of sp³-hybridized carbons (Fsp3) is 0. The lowest BCUT2D eigenvalue weighted by Gasteiger charge is -2.02. The van der Waals surface area contributed by atoms with E-state index in [4.69, 9.17) is 0 Å². The predicted molar refractivity (Wildman–Crippen MR) is 83.2 cm³/mol. The van der Waals surface area contributed by atoms with Crippen molar-refractivity contribution in [1.82, 2.24) is 0 Å². The third-order valence-electron chi connectivity index (χ3n) is 3.27. The van der Waals surface area contributed by atoms with Gasteiger partial charge in [0.1, 0.15) is 29.2 Å². The van der Waals surface area contributed by atoms with Gasteiger partial charge in [-0.2, -0.15) is 5.26 Å². The Balaban J connectivity index is 2.17. The summed E-state index contributed by atoms with van der Waals surface area (Å²) in [5.74, 6) is -1.71. The fourth-order valence-electron chi connectivity index (χ4n) is 2.20. The third-order valence-corrected chi connectivity index (χ3v) is 4.47. The van der Waals surface area contributed by atoms with Crippen molar-refractivity contribution in [3.8, 4) is 38.4 Å². The Morgan fingerprint density at radius 2 is 1.43 bits per heavy atom. The van der Waals surface area contributed by atoms with Gasteiger partial charge in [0.25, 0.3) is 0 Å². The van der Waals surface area contributed by atoms with E-state index in [1.165, 1.54) is 30.3 Å². The quantitative estimate of drug-likeness (QED) is 0.719. The van der Waals surface area contributed by atoms with Crippen molar-refractivity contribution in [2.24, 2.45) is 0 Å². The highest BCUT2D eigenvalue weighted by molar-refractivity contribution is 7.19. The molecule has 0 fully saturated rings. The Morgan fingerprint density at radius 3 is 1.96 bits per heavy atom. The summed E-state index contributed by atoms with van der Waals surface area (Å²) in [6.07, 6.45) is 0. The monoisotopic (exact) mass is 329 g/mol. The molecular formula is C17H9F2NO2S. The molecule has 0 radical (unpaired) electrons.